The van der Waals surface area contributed by atoms with E-state index in [1.54, 1.807) is 0 Å². The molecule has 0 radical (unpaired) electrons. The Labute approximate surface area is 156 Å². The zero-order valence-electron chi connectivity index (χ0n) is 15.6. The second-order valence-electron chi connectivity index (χ2n) is 8.10. The summed E-state index contributed by atoms with van der Waals surface area (Å²) in [6.07, 6.45) is 9.43. The maximum absolute atomic E-state index is 3.58. The van der Waals surface area contributed by atoms with Crippen molar-refractivity contribution in [3.05, 3.63) is 34.3 Å². The number of hydrogen-bond acceptors (Lipinski definition) is 2. The molecule has 0 amide bonds. The molecule has 2 aliphatic rings. The number of rotatable bonds is 5. The van der Waals surface area contributed by atoms with Crippen molar-refractivity contribution in [3.8, 4) is 0 Å². The minimum absolute atomic E-state index is 0.222. The molecule has 1 saturated carbocycles. The molecule has 0 aromatic heterocycles. The van der Waals surface area contributed by atoms with Crippen molar-refractivity contribution < 1.29 is 0 Å². The minimum Gasteiger partial charge on any atom is -0.300 e. The van der Waals surface area contributed by atoms with Crippen LogP contribution in [0.2, 0.25) is 0 Å². The molecule has 0 spiro atoms. The molecule has 24 heavy (non-hydrogen) atoms. The van der Waals surface area contributed by atoms with Crippen molar-refractivity contribution in [2.75, 3.05) is 27.2 Å². The summed E-state index contributed by atoms with van der Waals surface area (Å²) < 4.78 is 1.17. The lowest BCUT2D eigenvalue weighted by Gasteiger charge is -2.47. The van der Waals surface area contributed by atoms with Crippen LogP contribution in [0.1, 0.15) is 57.4 Å². The molecule has 1 heterocycles. The van der Waals surface area contributed by atoms with Gasteiger partial charge in [0.25, 0.3) is 0 Å². The molecular weight excluding hydrogens is 360 g/mol. The molecule has 1 aliphatic carbocycles. The topological polar surface area (TPSA) is 6.48 Å². The number of likely N-dealkylation sites (tertiary alicyclic amines) is 1. The van der Waals surface area contributed by atoms with Crippen LogP contribution in [0.25, 0.3) is 0 Å². The normalized spacial score (nSPS) is 31.7. The smallest absolute Gasteiger partial charge is 0.0455 e. The molecule has 1 saturated heterocycles. The molecule has 1 unspecified atom stereocenters. The fourth-order valence-corrected chi connectivity index (χ4v) is 5.30. The van der Waals surface area contributed by atoms with Crippen LogP contribution < -0.4 is 0 Å². The molecule has 1 aliphatic heterocycles. The first-order valence-electron chi connectivity index (χ1n) is 9.72. The highest BCUT2D eigenvalue weighted by atomic mass is 79.9. The number of hydrogen-bond donors (Lipinski definition) is 0. The van der Waals surface area contributed by atoms with Crippen molar-refractivity contribution in [1.29, 1.82) is 0 Å². The van der Waals surface area contributed by atoms with Crippen LogP contribution in [0.4, 0.5) is 0 Å². The Hall–Kier alpha value is -0.380. The molecule has 134 valence electrons. The van der Waals surface area contributed by atoms with E-state index in [4.69, 9.17) is 0 Å². The van der Waals surface area contributed by atoms with Gasteiger partial charge in [-0.1, -0.05) is 41.4 Å². The zero-order valence-corrected chi connectivity index (χ0v) is 17.2. The van der Waals surface area contributed by atoms with E-state index >= 15 is 0 Å². The van der Waals surface area contributed by atoms with Gasteiger partial charge in [-0.25, -0.2) is 0 Å². The summed E-state index contributed by atoms with van der Waals surface area (Å²) in [4.78, 5) is 5.28. The van der Waals surface area contributed by atoms with Crippen LogP contribution in [-0.4, -0.2) is 43.0 Å². The van der Waals surface area contributed by atoms with E-state index in [1.165, 1.54) is 68.1 Å². The fraction of sp³-hybridized carbons (Fsp3) is 0.714. The third-order valence-electron chi connectivity index (χ3n) is 6.55. The monoisotopic (exact) mass is 392 g/mol. The van der Waals surface area contributed by atoms with Gasteiger partial charge in [-0.05, 0) is 82.8 Å². The van der Waals surface area contributed by atoms with Crippen LogP contribution in [0.15, 0.2) is 28.7 Å². The molecule has 3 heteroatoms. The third kappa shape index (κ3) is 3.73. The highest BCUT2D eigenvalue weighted by Gasteiger charge is 2.41. The highest BCUT2D eigenvalue weighted by molar-refractivity contribution is 9.10. The van der Waals surface area contributed by atoms with Gasteiger partial charge in [0.2, 0.25) is 0 Å². The van der Waals surface area contributed by atoms with Gasteiger partial charge in [0, 0.05) is 22.6 Å². The van der Waals surface area contributed by atoms with Crippen LogP contribution in [0, 0.1) is 5.92 Å². The molecular formula is C21H33BrN2. The van der Waals surface area contributed by atoms with Gasteiger partial charge in [0.05, 0.1) is 0 Å². The van der Waals surface area contributed by atoms with E-state index in [-0.39, 0.29) is 5.54 Å². The summed E-state index contributed by atoms with van der Waals surface area (Å²) in [5.41, 5.74) is 1.71. The molecule has 0 N–H and O–H groups in total. The Morgan fingerprint density at radius 3 is 2.38 bits per heavy atom. The van der Waals surface area contributed by atoms with Crippen molar-refractivity contribution in [1.82, 2.24) is 9.80 Å². The molecule has 0 bridgehead atoms. The summed E-state index contributed by atoms with van der Waals surface area (Å²) in [6, 6.07) is 9.84. The quantitative estimate of drug-likeness (QED) is 0.672. The second kappa shape index (κ2) is 7.88. The van der Waals surface area contributed by atoms with Crippen LogP contribution in [0.3, 0.4) is 0 Å². The van der Waals surface area contributed by atoms with Crippen LogP contribution >= 0.6 is 15.9 Å². The fourth-order valence-electron chi connectivity index (χ4n) is 5.04. The summed E-state index contributed by atoms with van der Waals surface area (Å²) in [7, 11) is 4.52. The summed E-state index contributed by atoms with van der Waals surface area (Å²) in [5.74, 6) is 0.960. The van der Waals surface area contributed by atoms with Crippen molar-refractivity contribution >= 4 is 15.9 Å². The minimum atomic E-state index is 0.222. The SMILES string of the molecule is CCCC1CCN(C2CCC(c3ccc(Br)cc3)(N(C)C)CC2)C1. The Balaban J connectivity index is 1.66. The van der Waals surface area contributed by atoms with Crippen LogP contribution in [-0.2, 0) is 5.54 Å². The van der Waals surface area contributed by atoms with E-state index in [1.807, 2.05) is 0 Å². The number of nitrogens with zero attached hydrogens (tertiary/aromatic N) is 2. The molecule has 3 rings (SSSR count). The van der Waals surface area contributed by atoms with E-state index in [2.05, 4.69) is 71.0 Å². The third-order valence-corrected chi connectivity index (χ3v) is 7.08. The summed E-state index contributed by atoms with van der Waals surface area (Å²) in [5, 5.41) is 0. The first-order chi connectivity index (χ1) is 11.5. The van der Waals surface area contributed by atoms with E-state index in [0.717, 1.165) is 12.0 Å². The van der Waals surface area contributed by atoms with Gasteiger partial charge in [-0.2, -0.15) is 0 Å². The van der Waals surface area contributed by atoms with Gasteiger partial charge < -0.3 is 4.90 Å². The van der Waals surface area contributed by atoms with Crippen molar-refractivity contribution in [2.24, 2.45) is 5.92 Å². The predicted molar refractivity (Wildman–Crippen MR) is 106 cm³/mol. The average Bonchev–Trinajstić information content (AvgIpc) is 3.04. The lowest BCUT2D eigenvalue weighted by Crippen LogP contribution is -2.48. The van der Waals surface area contributed by atoms with Gasteiger partial charge in [0.15, 0.2) is 0 Å². The van der Waals surface area contributed by atoms with E-state index < -0.39 is 0 Å². The Morgan fingerprint density at radius 1 is 1.12 bits per heavy atom. The first-order valence-corrected chi connectivity index (χ1v) is 10.5. The molecule has 1 aromatic rings. The lowest BCUT2D eigenvalue weighted by molar-refractivity contribution is 0.0555. The van der Waals surface area contributed by atoms with Gasteiger partial charge in [0.1, 0.15) is 0 Å². The Bertz CT molecular complexity index is 517. The Morgan fingerprint density at radius 2 is 1.79 bits per heavy atom. The average molecular weight is 393 g/mol. The standard InChI is InChI=1S/C21H33BrN2/c1-4-5-17-12-15-24(16-17)20-10-13-21(14-11-20,23(2)3)18-6-8-19(22)9-7-18/h6-9,17,20H,4-5,10-16H2,1-3H3. The summed E-state index contributed by atoms with van der Waals surface area (Å²) >= 11 is 3.58. The number of benzene rings is 1. The van der Waals surface area contributed by atoms with Crippen molar-refractivity contribution in [3.63, 3.8) is 0 Å². The lowest BCUT2D eigenvalue weighted by atomic mass is 9.73. The second-order valence-corrected chi connectivity index (χ2v) is 9.02. The number of halogens is 1. The summed E-state index contributed by atoms with van der Waals surface area (Å²) in [6.45, 7) is 5.02. The van der Waals surface area contributed by atoms with E-state index in [0.29, 0.717) is 0 Å². The predicted octanol–water partition coefficient (Wildman–Crippen LogP) is 5.27. The largest absolute Gasteiger partial charge is 0.300 e. The molecule has 1 aromatic carbocycles. The maximum atomic E-state index is 3.58. The highest BCUT2D eigenvalue weighted by Crippen LogP contribution is 2.43. The van der Waals surface area contributed by atoms with E-state index in [9.17, 15) is 0 Å². The maximum Gasteiger partial charge on any atom is 0.0455 e. The molecule has 1 atom stereocenters. The molecule has 2 nitrogen and oxygen atoms in total. The zero-order chi connectivity index (χ0) is 17.2. The van der Waals surface area contributed by atoms with Gasteiger partial charge in [-0.15, -0.1) is 0 Å². The van der Waals surface area contributed by atoms with Crippen molar-refractivity contribution in [2.45, 2.75) is 63.5 Å². The van der Waals surface area contributed by atoms with Crippen LogP contribution in [0.5, 0.6) is 0 Å². The van der Waals surface area contributed by atoms with Gasteiger partial charge in [-0.3, -0.25) is 4.90 Å². The Kier molecular flexibility index (Phi) is 6.05. The first kappa shape index (κ1) is 18.4. The molecule has 2 fully saturated rings. The van der Waals surface area contributed by atoms with Gasteiger partial charge >= 0.3 is 0 Å².